The van der Waals surface area contributed by atoms with Crippen molar-refractivity contribution >= 4 is 33.2 Å². The highest BCUT2D eigenvalue weighted by Gasteiger charge is 2.15. The van der Waals surface area contributed by atoms with E-state index in [-0.39, 0.29) is 6.61 Å². The molecule has 0 N–H and O–H groups in total. The van der Waals surface area contributed by atoms with Crippen molar-refractivity contribution in [1.82, 2.24) is 4.98 Å². The van der Waals surface area contributed by atoms with E-state index >= 15 is 0 Å². The molecule has 0 amide bonds. The molecule has 0 saturated heterocycles. The lowest BCUT2D eigenvalue weighted by Gasteiger charge is -2.07. The van der Waals surface area contributed by atoms with Gasteiger partial charge in [-0.1, -0.05) is 6.07 Å². The fourth-order valence-corrected chi connectivity index (χ4v) is 2.96. The van der Waals surface area contributed by atoms with Gasteiger partial charge >= 0.3 is 5.97 Å². The van der Waals surface area contributed by atoms with Gasteiger partial charge in [0.05, 0.1) is 17.6 Å². The second-order valence-electron chi connectivity index (χ2n) is 4.54. The van der Waals surface area contributed by atoms with Gasteiger partial charge in [-0.05, 0) is 45.6 Å². The molecule has 1 aromatic carbocycles. The zero-order valence-electron chi connectivity index (χ0n) is 12.1. The number of halogens is 1. The van der Waals surface area contributed by atoms with Crippen molar-refractivity contribution in [1.29, 1.82) is 0 Å². The zero-order valence-corrected chi connectivity index (χ0v) is 14.5. The van der Waals surface area contributed by atoms with Crippen molar-refractivity contribution in [2.45, 2.75) is 6.61 Å². The third-order valence-electron chi connectivity index (χ3n) is 3.03. The SMILES string of the molecule is COc1ccc(Br)c(C(=O)OCc2coc(-c3cccs3)n2)c1. The molecule has 0 aliphatic heterocycles. The zero-order chi connectivity index (χ0) is 16.2. The number of oxazole rings is 1. The Kier molecular flexibility index (Phi) is 4.78. The second kappa shape index (κ2) is 6.97. The van der Waals surface area contributed by atoms with Gasteiger partial charge in [-0.2, -0.15) is 0 Å². The van der Waals surface area contributed by atoms with Gasteiger partial charge < -0.3 is 13.9 Å². The molecule has 2 aromatic heterocycles. The number of nitrogens with zero attached hydrogens (tertiary/aromatic N) is 1. The summed E-state index contributed by atoms with van der Waals surface area (Å²) in [5, 5.41) is 1.94. The molecule has 3 aromatic rings. The number of esters is 1. The molecule has 7 heteroatoms. The second-order valence-corrected chi connectivity index (χ2v) is 6.35. The fraction of sp³-hybridized carbons (Fsp3) is 0.125. The summed E-state index contributed by atoms with van der Waals surface area (Å²) < 4.78 is 16.4. The molecule has 0 unspecified atom stereocenters. The summed E-state index contributed by atoms with van der Waals surface area (Å²) in [5.74, 6) is 0.645. The number of rotatable bonds is 5. The maximum Gasteiger partial charge on any atom is 0.339 e. The number of hydrogen-bond donors (Lipinski definition) is 0. The summed E-state index contributed by atoms with van der Waals surface area (Å²) in [5.41, 5.74) is 0.951. The van der Waals surface area contributed by atoms with Gasteiger partial charge in [0, 0.05) is 4.47 Å². The van der Waals surface area contributed by atoms with Crippen molar-refractivity contribution in [3.05, 3.63) is 57.7 Å². The minimum atomic E-state index is -0.462. The highest BCUT2D eigenvalue weighted by molar-refractivity contribution is 9.10. The van der Waals surface area contributed by atoms with E-state index in [4.69, 9.17) is 13.9 Å². The topological polar surface area (TPSA) is 61.6 Å². The van der Waals surface area contributed by atoms with Gasteiger partial charge in [0.15, 0.2) is 0 Å². The first-order valence-electron chi connectivity index (χ1n) is 6.66. The standard InChI is InChI=1S/C16H12BrNO4S/c1-20-11-4-5-13(17)12(7-11)16(19)22-9-10-8-21-15(18-10)14-3-2-6-23-14/h2-8H,9H2,1H3. The Morgan fingerprint density at radius 3 is 3.00 bits per heavy atom. The minimum absolute atomic E-state index is 0.0390. The van der Waals surface area contributed by atoms with Crippen molar-refractivity contribution in [2.24, 2.45) is 0 Å². The number of methoxy groups -OCH3 is 1. The average molecular weight is 394 g/mol. The quantitative estimate of drug-likeness (QED) is 0.595. The lowest BCUT2D eigenvalue weighted by molar-refractivity contribution is 0.0466. The number of carbonyl (C=O) groups is 1. The predicted molar refractivity (Wildman–Crippen MR) is 89.6 cm³/mol. The van der Waals surface area contributed by atoms with E-state index in [1.807, 2.05) is 17.5 Å². The van der Waals surface area contributed by atoms with Crippen LogP contribution in [0.5, 0.6) is 5.75 Å². The molecule has 0 spiro atoms. The van der Waals surface area contributed by atoms with E-state index in [2.05, 4.69) is 20.9 Å². The van der Waals surface area contributed by atoms with Crippen LogP contribution < -0.4 is 4.74 Å². The van der Waals surface area contributed by atoms with Crippen molar-refractivity contribution in [2.75, 3.05) is 7.11 Å². The van der Waals surface area contributed by atoms with Gasteiger partial charge in [-0.3, -0.25) is 0 Å². The highest BCUT2D eigenvalue weighted by atomic mass is 79.9. The summed E-state index contributed by atoms with van der Waals surface area (Å²) in [6.07, 6.45) is 1.49. The van der Waals surface area contributed by atoms with Crippen LogP contribution in [-0.4, -0.2) is 18.1 Å². The average Bonchev–Trinajstić information content (AvgIpc) is 3.24. The minimum Gasteiger partial charge on any atom is -0.497 e. The first-order chi connectivity index (χ1) is 11.2. The first kappa shape index (κ1) is 15.8. The number of hydrogen-bond acceptors (Lipinski definition) is 6. The maximum absolute atomic E-state index is 12.2. The smallest absolute Gasteiger partial charge is 0.339 e. The van der Waals surface area contributed by atoms with Crippen LogP contribution >= 0.6 is 27.3 Å². The first-order valence-corrected chi connectivity index (χ1v) is 8.33. The number of thiophene rings is 1. The van der Waals surface area contributed by atoms with Gasteiger partial charge in [-0.15, -0.1) is 11.3 Å². The summed E-state index contributed by atoms with van der Waals surface area (Å²) in [7, 11) is 1.54. The van der Waals surface area contributed by atoms with Crippen molar-refractivity contribution in [3.63, 3.8) is 0 Å². The molecule has 5 nitrogen and oxygen atoms in total. The van der Waals surface area contributed by atoms with Crippen molar-refractivity contribution < 1.29 is 18.7 Å². The Morgan fingerprint density at radius 2 is 2.26 bits per heavy atom. The monoisotopic (exact) mass is 393 g/mol. The van der Waals surface area contributed by atoms with E-state index in [1.54, 1.807) is 25.3 Å². The van der Waals surface area contributed by atoms with Gasteiger partial charge in [0.25, 0.3) is 0 Å². The number of aromatic nitrogens is 1. The number of carbonyl (C=O) groups excluding carboxylic acids is 1. The van der Waals surface area contributed by atoms with Crippen LogP contribution in [0, 0.1) is 0 Å². The molecular formula is C16H12BrNO4S. The molecule has 23 heavy (non-hydrogen) atoms. The Morgan fingerprint density at radius 1 is 1.39 bits per heavy atom. The Balaban J connectivity index is 1.67. The molecule has 0 aliphatic carbocycles. The number of ether oxygens (including phenoxy) is 2. The third-order valence-corrected chi connectivity index (χ3v) is 4.58. The van der Waals surface area contributed by atoms with Crippen LogP contribution in [-0.2, 0) is 11.3 Å². The molecular weight excluding hydrogens is 382 g/mol. The Hall–Kier alpha value is -2.12. The van der Waals surface area contributed by atoms with Crippen LogP contribution in [0.15, 0.2) is 50.9 Å². The maximum atomic E-state index is 12.2. The molecule has 0 radical (unpaired) electrons. The van der Waals surface area contributed by atoms with Crippen molar-refractivity contribution in [3.8, 4) is 16.5 Å². The van der Waals surface area contributed by atoms with E-state index < -0.39 is 5.97 Å². The van der Waals surface area contributed by atoms with E-state index in [0.29, 0.717) is 27.4 Å². The number of benzene rings is 1. The summed E-state index contributed by atoms with van der Waals surface area (Å²) >= 11 is 4.86. The lowest BCUT2D eigenvalue weighted by Crippen LogP contribution is -2.06. The molecule has 0 bridgehead atoms. The molecule has 0 fully saturated rings. The largest absolute Gasteiger partial charge is 0.497 e. The van der Waals surface area contributed by atoms with Crippen LogP contribution in [0.4, 0.5) is 0 Å². The molecule has 0 aliphatic rings. The van der Waals surface area contributed by atoms with E-state index in [1.165, 1.54) is 17.6 Å². The van der Waals surface area contributed by atoms with Gasteiger partial charge in [0.2, 0.25) is 5.89 Å². The van der Waals surface area contributed by atoms with Crippen LogP contribution in [0.1, 0.15) is 16.1 Å². The fourth-order valence-electron chi connectivity index (χ4n) is 1.89. The normalized spacial score (nSPS) is 10.5. The summed E-state index contributed by atoms with van der Waals surface area (Å²) in [4.78, 5) is 17.4. The predicted octanol–water partition coefficient (Wildman–Crippen LogP) is 4.53. The van der Waals surface area contributed by atoms with Gasteiger partial charge in [0.1, 0.15) is 24.3 Å². The third kappa shape index (κ3) is 3.62. The van der Waals surface area contributed by atoms with Crippen LogP contribution in [0.2, 0.25) is 0 Å². The Labute approximate surface area is 145 Å². The summed E-state index contributed by atoms with van der Waals surface area (Å²) in [6, 6.07) is 8.95. The molecule has 0 atom stereocenters. The van der Waals surface area contributed by atoms with E-state index in [0.717, 1.165) is 4.88 Å². The lowest BCUT2D eigenvalue weighted by atomic mass is 10.2. The van der Waals surface area contributed by atoms with Gasteiger partial charge in [-0.25, -0.2) is 9.78 Å². The van der Waals surface area contributed by atoms with E-state index in [9.17, 15) is 4.79 Å². The van der Waals surface area contributed by atoms with Crippen LogP contribution in [0.3, 0.4) is 0 Å². The Bertz CT molecular complexity index is 813. The van der Waals surface area contributed by atoms with Crippen LogP contribution in [0.25, 0.3) is 10.8 Å². The molecule has 0 saturated carbocycles. The molecule has 3 rings (SSSR count). The summed E-state index contributed by atoms with van der Waals surface area (Å²) in [6.45, 7) is 0.0390. The molecule has 118 valence electrons. The highest BCUT2D eigenvalue weighted by Crippen LogP contribution is 2.25. The molecule has 2 heterocycles.